The molecular formula is C21H22N4O4. The molecule has 0 unspecified atom stereocenters. The number of nitrogens with zero attached hydrogens (tertiary/aromatic N) is 2. The average Bonchev–Trinajstić information content (AvgIpc) is 3.22. The third kappa shape index (κ3) is 4.73. The maximum atomic E-state index is 12.3. The van der Waals surface area contributed by atoms with Crippen LogP contribution < -0.4 is 14.9 Å². The maximum Gasteiger partial charge on any atom is 0.289 e. The van der Waals surface area contributed by atoms with Crippen LogP contribution in [0.15, 0.2) is 53.6 Å². The van der Waals surface area contributed by atoms with Crippen LogP contribution in [-0.4, -0.2) is 40.6 Å². The molecule has 1 amide bonds. The molecule has 8 nitrogen and oxygen atoms in total. The zero-order valence-electron chi connectivity index (χ0n) is 16.2. The second-order valence-corrected chi connectivity index (χ2v) is 5.92. The molecule has 150 valence electrons. The fourth-order valence-corrected chi connectivity index (χ4v) is 2.67. The van der Waals surface area contributed by atoms with E-state index in [4.69, 9.17) is 9.47 Å². The number of nitrogens with one attached hydrogen (secondary N) is 2. The predicted octanol–water partition coefficient (Wildman–Crippen LogP) is 3.34. The summed E-state index contributed by atoms with van der Waals surface area (Å²) in [4.78, 5) is 12.3. The number of hydrogen-bond acceptors (Lipinski definition) is 6. The Balaban J connectivity index is 1.70. The minimum Gasteiger partial charge on any atom is -0.504 e. The highest BCUT2D eigenvalue weighted by atomic mass is 16.5. The molecule has 0 saturated heterocycles. The fraction of sp³-hybridized carbons (Fsp3) is 0.190. The van der Waals surface area contributed by atoms with E-state index in [1.807, 2.05) is 38.1 Å². The van der Waals surface area contributed by atoms with Gasteiger partial charge in [-0.05, 0) is 44.2 Å². The Morgan fingerprint density at radius 2 is 1.86 bits per heavy atom. The van der Waals surface area contributed by atoms with Gasteiger partial charge in [-0.3, -0.25) is 9.89 Å². The van der Waals surface area contributed by atoms with Crippen molar-refractivity contribution >= 4 is 12.1 Å². The first-order valence-corrected chi connectivity index (χ1v) is 9.19. The number of ether oxygens (including phenoxy) is 2. The van der Waals surface area contributed by atoms with Crippen molar-refractivity contribution in [1.29, 1.82) is 0 Å². The molecule has 2 aromatic carbocycles. The summed E-state index contributed by atoms with van der Waals surface area (Å²) in [5.41, 5.74) is 4.45. The third-order valence-corrected chi connectivity index (χ3v) is 3.99. The van der Waals surface area contributed by atoms with Crippen LogP contribution in [-0.2, 0) is 0 Å². The van der Waals surface area contributed by atoms with E-state index in [-0.39, 0.29) is 11.4 Å². The van der Waals surface area contributed by atoms with Gasteiger partial charge in [-0.15, -0.1) is 0 Å². The van der Waals surface area contributed by atoms with Gasteiger partial charge in [0.1, 0.15) is 11.4 Å². The molecule has 3 rings (SSSR count). The van der Waals surface area contributed by atoms with E-state index in [9.17, 15) is 9.90 Å². The number of carbonyl (C=O) groups excluding carboxylic acids is 1. The fourth-order valence-electron chi connectivity index (χ4n) is 2.67. The summed E-state index contributed by atoms with van der Waals surface area (Å²) in [7, 11) is 0. The number of aromatic nitrogens is 2. The number of hydrogen-bond donors (Lipinski definition) is 3. The molecule has 0 radical (unpaired) electrons. The highest BCUT2D eigenvalue weighted by Gasteiger charge is 2.13. The maximum absolute atomic E-state index is 12.3. The predicted molar refractivity (Wildman–Crippen MR) is 110 cm³/mol. The zero-order chi connectivity index (χ0) is 20.6. The van der Waals surface area contributed by atoms with Crippen molar-refractivity contribution in [1.82, 2.24) is 15.6 Å². The smallest absolute Gasteiger partial charge is 0.289 e. The van der Waals surface area contributed by atoms with Gasteiger partial charge in [0.25, 0.3) is 5.91 Å². The number of phenols is 1. The van der Waals surface area contributed by atoms with Crippen LogP contribution in [0.2, 0.25) is 0 Å². The molecule has 3 N–H and O–H groups in total. The first-order valence-electron chi connectivity index (χ1n) is 9.19. The second-order valence-electron chi connectivity index (χ2n) is 5.92. The van der Waals surface area contributed by atoms with Gasteiger partial charge in [-0.1, -0.05) is 18.2 Å². The molecule has 29 heavy (non-hydrogen) atoms. The first kappa shape index (κ1) is 19.9. The van der Waals surface area contributed by atoms with E-state index in [1.54, 1.807) is 24.3 Å². The van der Waals surface area contributed by atoms with Gasteiger partial charge >= 0.3 is 0 Å². The molecule has 3 aromatic rings. The Hall–Kier alpha value is -3.81. The number of phenolic OH excluding ortho intramolecular Hbond substituents is 1. The topological polar surface area (TPSA) is 109 Å². The standard InChI is InChI=1S/C21H22N4O4/c1-3-28-18-10-6-5-9-15(18)16-12-17(24-23-16)21(27)25-22-13-14-8-7-11-19(20(14)26)29-4-2/h5-13,26H,3-4H2,1-2H3,(H,23,24)(H,25,27)/b22-13+. The van der Waals surface area contributed by atoms with Crippen LogP contribution in [0.5, 0.6) is 17.2 Å². The van der Waals surface area contributed by atoms with E-state index in [0.717, 1.165) is 5.56 Å². The molecule has 0 aliphatic rings. The highest BCUT2D eigenvalue weighted by molar-refractivity contribution is 5.94. The number of para-hydroxylation sites is 2. The van der Waals surface area contributed by atoms with Crippen molar-refractivity contribution in [2.75, 3.05) is 13.2 Å². The second kappa shape index (κ2) is 9.41. The minimum absolute atomic E-state index is 0.0382. The van der Waals surface area contributed by atoms with Gasteiger partial charge < -0.3 is 14.6 Å². The molecule has 0 aliphatic carbocycles. The van der Waals surface area contributed by atoms with E-state index in [0.29, 0.717) is 36.0 Å². The van der Waals surface area contributed by atoms with E-state index < -0.39 is 5.91 Å². The molecule has 0 aliphatic heterocycles. The normalized spacial score (nSPS) is 10.8. The summed E-state index contributed by atoms with van der Waals surface area (Å²) in [5, 5.41) is 20.9. The lowest BCUT2D eigenvalue weighted by Gasteiger charge is -2.07. The molecule has 0 bridgehead atoms. The Labute approximate surface area is 168 Å². The lowest BCUT2D eigenvalue weighted by Crippen LogP contribution is -2.18. The molecule has 1 aromatic heterocycles. The van der Waals surface area contributed by atoms with Gasteiger partial charge in [-0.2, -0.15) is 10.2 Å². The average molecular weight is 394 g/mol. The summed E-state index contributed by atoms with van der Waals surface area (Å²) in [5.74, 6) is 0.545. The summed E-state index contributed by atoms with van der Waals surface area (Å²) < 4.78 is 10.9. The zero-order valence-corrected chi connectivity index (χ0v) is 16.2. The van der Waals surface area contributed by atoms with Gasteiger partial charge in [0.2, 0.25) is 0 Å². The SMILES string of the molecule is CCOc1ccccc1-c1cc(C(=O)N/N=C/c2cccc(OCC)c2O)[nH]n1. The van der Waals surface area contributed by atoms with Gasteiger partial charge in [-0.25, -0.2) is 5.43 Å². The lowest BCUT2D eigenvalue weighted by atomic mass is 10.1. The Bertz CT molecular complexity index is 1010. The Morgan fingerprint density at radius 3 is 2.66 bits per heavy atom. The quantitative estimate of drug-likeness (QED) is 0.401. The number of H-pyrrole nitrogens is 1. The van der Waals surface area contributed by atoms with Crippen LogP contribution in [0.1, 0.15) is 29.9 Å². The molecular weight excluding hydrogens is 372 g/mol. The molecule has 0 atom stereocenters. The number of benzene rings is 2. The largest absolute Gasteiger partial charge is 0.504 e. The van der Waals surface area contributed by atoms with E-state index in [2.05, 4.69) is 20.7 Å². The van der Waals surface area contributed by atoms with Gasteiger partial charge in [0, 0.05) is 11.1 Å². The van der Waals surface area contributed by atoms with Crippen LogP contribution in [0, 0.1) is 0 Å². The molecule has 0 saturated carbocycles. The van der Waals surface area contributed by atoms with Crippen LogP contribution in [0.25, 0.3) is 11.3 Å². The minimum atomic E-state index is -0.464. The summed E-state index contributed by atoms with van der Waals surface area (Å²) >= 11 is 0. The summed E-state index contributed by atoms with van der Waals surface area (Å²) in [6.07, 6.45) is 1.34. The molecule has 0 spiro atoms. The van der Waals surface area contributed by atoms with Crippen molar-refractivity contribution in [2.24, 2.45) is 5.10 Å². The molecule has 0 fully saturated rings. The number of amides is 1. The molecule has 8 heteroatoms. The lowest BCUT2D eigenvalue weighted by molar-refractivity contribution is 0.0950. The van der Waals surface area contributed by atoms with Crippen molar-refractivity contribution in [3.63, 3.8) is 0 Å². The third-order valence-electron chi connectivity index (χ3n) is 3.99. The van der Waals surface area contributed by atoms with Crippen LogP contribution in [0.3, 0.4) is 0 Å². The monoisotopic (exact) mass is 394 g/mol. The Kier molecular flexibility index (Phi) is 6.47. The number of aromatic amines is 1. The van der Waals surface area contributed by atoms with Crippen molar-refractivity contribution in [2.45, 2.75) is 13.8 Å². The first-order chi connectivity index (χ1) is 14.1. The van der Waals surface area contributed by atoms with Crippen molar-refractivity contribution in [3.05, 3.63) is 59.8 Å². The van der Waals surface area contributed by atoms with Crippen molar-refractivity contribution < 1.29 is 19.4 Å². The van der Waals surface area contributed by atoms with Crippen LogP contribution in [0.4, 0.5) is 0 Å². The summed E-state index contributed by atoms with van der Waals surface area (Å²) in [6.45, 7) is 4.69. The molecule has 1 heterocycles. The van der Waals surface area contributed by atoms with Crippen molar-refractivity contribution in [3.8, 4) is 28.5 Å². The highest BCUT2D eigenvalue weighted by Crippen LogP contribution is 2.29. The number of carbonyl (C=O) groups is 1. The van der Waals surface area contributed by atoms with Gasteiger partial charge in [0.05, 0.1) is 25.1 Å². The van der Waals surface area contributed by atoms with E-state index in [1.165, 1.54) is 6.21 Å². The Morgan fingerprint density at radius 1 is 1.14 bits per heavy atom. The van der Waals surface area contributed by atoms with Crippen LogP contribution >= 0.6 is 0 Å². The van der Waals surface area contributed by atoms with Gasteiger partial charge in [0.15, 0.2) is 11.5 Å². The number of hydrazone groups is 1. The number of rotatable bonds is 8. The van der Waals surface area contributed by atoms with E-state index >= 15 is 0 Å². The number of aromatic hydroxyl groups is 1. The summed E-state index contributed by atoms with van der Waals surface area (Å²) in [6, 6.07) is 14.1.